The van der Waals surface area contributed by atoms with Gasteiger partial charge in [-0.15, -0.1) is 0 Å². The largest absolute Gasteiger partial charge is 0.392 e. The zero-order valence-corrected chi connectivity index (χ0v) is 10.4. The fourth-order valence-corrected chi connectivity index (χ4v) is 3.26. The first kappa shape index (κ1) is 13.2. The molecular weight excluding hydrogens is 226 g/mol. The Balaban J connectivity index is 3.26. The predicted octanol–water partition coefficient (Wildman–Crippen LogP) is 1.21. The van der Waals surface area contributed by atoms with Gasteiger partial charge in [-0.25, -0.2) is 8.42 Å². The summed E-state index contributed by atoms with van der Waals surface area (Å²) in [6, 6.07) is 6.53. The van der Waals surface area contributed by atoms with Gasteiger partial charge in [0, 0.05) is 13.1 Å². The molecule has 0 heterocycles. The predicted molar refractivity (Wildman–Crippen MR) is 62.5 cm³/mol. The third-order valence-electron chi connectivity index (χ3n) is 2.47. The van der Waals surface area contributed by atoms with E-state index in [4.69, 9.17) is 5.11 Å². The summed E-state index contributed by atoms with van der Waals surface area (Å²) in [4.78, 5) is 0.196. The van der Waals surface area contributed by atoms with Crippen LogP contribution in [-0.4, -0.2) is 30.9 Å². The van der Waals surface area contributed by atoms with Crippen molar-refractivity contribution >= 4 is 10.0 Å². The van der Waals surface area contributed by atoms with Crippen LogP contribution in [0, 0.1) is 0 Å². The average molecular weight is 243 g/mol. The molecule has 4 nitrogen and oxygen atoms in total. The van der Waals surface area contributed by atoms with E-state index in [2.05, 4.69) is 0 Å². The first-order valence-electron chi connectivity index (χ1n) is 5.26. The van der Waals surface area contributed by atoms with Crippen LogP contribution in [-0.2, 0) is 16.6 Å². The molecule has 0 fully saturated rings. The molecule has 0 aliphatic carbocycles. The number of nitrogens with zero attached hydrogens (tertiary/aromatic N) is 1. The van der Waals surface area contributed by atoms with Crippen molar-refractivity contribution in [1.82, 2.24) is 4.31 Å². The minimum absolute atomic E-state index is 0.196. The maximum Gasteiger partial charge on any atom is 0.243 e. The molecule has 5 heteroatoms. The molecule has 0 bridgehead atoms. The summed E-state index contributed by atoms with van der Waals surface area (Å²) in [5, 5.41) is 9.13. The minimum Gasteiger partial charge on any atom is -0.392 e. The Labute approximate surface area is 96.6 Å². The van der Waals surface area contributed by atoms with Gasteiger partial charge in [0.2, 0.25) is 10.0 Å². The number of hydrogen-bond donors (Lipinski definition) is 1. The fourth-order valence-electron chi connectivity index (χ4n) is 1.59. The highest BCUT2D eigenvalue weighted by Crippen LogP contribution is 2.19. The van der Waals surface area contributed by atoms with Crippen LogP contribution in [0.15, 0.2) is 29.2 Å². The molecule has 0 aromatic heterocycles. The van der Waals surface area contributed by atoms with Gasteiger partial charge in [0.05, 0.1) is 11.5 Å². The van der Waals surface area contributed by atoms with Gasteiger partial charge in [-0.1, -0.05) is 32.0 Å². The first-order valence-corrected chi connectivity index (χ1v) is 6.70. The van der Waals surface area contributed by atoms with Crippen molar-refractivity contribution in [2.75, 3.05) is 13.1 Å². The molecule has 0 atom stereocenters. The second kappa shape index (κ2) is 5.43. The van der Waals surface area contributed by atoms with Crippen molar-refractivity contribution in [3.63, 3.8) is 0 Å². The molecule has 0 spiro atoms. The van der Waals surface area contributed by atoms with E-state index in [0.29, 0.717) is 18.7 Å². The molecule has 0 saturated carbocycles. The monoisotopic (exact) mass is 243 g/mol. The number of hydrogen-bond acceptors (Lipinski definition) is 3. The number of aliphatic hydroxyl groups is 1. The van der Waals surface area contributed by atoms with Gasteiger partial charge >= 0.3 is 0 Å². The SMILES string of the molecule is CCN(CC)S(=O)(=O)c1ccccc1CO. The summed E-state index contributed by atoms with van der Waals surface area (Å²) in [5.74, 6) is 0. The molecule has 0 saturated heterocycles. The second-order valence-corrected chi connectivity index (χ2v) is 5.26. The van der Waals surface area contributed by atoms with Gasteiger partial charge in [0.1, 0.15) is 0 Å². The van der Waals surface area contributed by atoms with Gasteiger partial charge in [-0.05, 0) is 11.6 Å². The summed E-state index contributed by atoms with van der Waals surface area (Å²) < 4.78 is 25.8. The lowest BCUT2D eigenvalue weighted by molar-refractivity contribution is 0.278. The first-order chi connectivity index (χ1) is 7.57. The number of aliphatic hydroxyl groups excluding tert-OH is 1. The van der Waals surface area contributed by atoms with Crippen LogP contribution in [0.2, 0.25) is 0 Å². The average Bonchev–Trinajstić information content (AvgIpc) is 2.30. The number of sulfonamides is 1. The quantitative estimate of drug-likeness (QED) is 0.845. The maximum atomic E-state index is 12.2. The van der Waals surface area contributed by atoms with Crippen LogP contribution in [0.3, 0.4) is 0 Å². The molecule has 0 unspecified atom stereocenters. The molecule has 1 N–H and O–H groups in total. The van der Waals surface area contributed by atoms with E-state index >= 15 is 0 Å². The molecule has 16 heavy (non-hydrogen) atoms. The van der Waals surface area contributed by atoms with Gasteiger partial charge in [-0.3, -0.25) is 0 Å². The molecule has 90 valence electrons. The molecule has 0 amide bonds. The van der Waals surface area contributed by atoms with Gasteiger partial charge in [-0.2, -0.15) is 4.31 Å². The fraction of sp³-hybridized carbons (Fsp3) is 0.455. The lowest BCUT2D eigenvalue weighted by Gasteiger charge is -2.19. The Bertz CT molecular complexity index is 438. The van der Waals surface area contributed by atoms with Gasteiger partial charge in [0.15, 0.2) is 0 Å². The molecule has 0 aliphatic rings. The molecule has 1 aromatic rings. The molecule has 1 aromatic carbocycles. The maximum absolute atomic E-state index is 12.2. The Morgan fingerprint density at radius 3 is 2.25 bits per heavy atom. The second-order valence-electron chi connectivity index (χ2n) is 3.36. The molecule has 0 aliphatic heterocycles. The zero-order valence-electron chi connectivity index (χ0n) is 9.55. The number of rotatable bonds is 5. The molecule has 1 rings (SSSR count). The summed E-state index contributed by atoms with van der Waals surface area (Å²) in [6.45, 7) is 4.18. The Morgan fingerprint density at radius 1 is 1.19 bits per heavy atom. The summed E-state index contributed by atoms with van der Waals surface area (Å²) in [7, 11) is -3.47. The Morgan fingerprint density at radius 2 is 1.75 bits per heavy atom. The lowest BCUT2D eigenvalue weighted by Crippen LogP contribution is -2.31. The smallest absolute Gasteiger partial charge is 0.243 e. The van der Waals surface area contributed by atoms with Crippen LogP contribution < -0.4 is 0 Å². The van der Waals surface area contributed by atoms with Crippen LogP contribution in [0.4, 0.5) is 0 Å². The third kappa shape index (κ3) is 2.42. The van der Waals surface area contributed by atoms with E-state index in [1.54, 1.807) is 32.0 Å². The van der Waals surface area contributed by atoms with Crippen LogP contribution in [0.25, 0.3) is 0 Å². The highest BCUT2D eigenvalue weighted by molar-refractivity contribution is 7.89. The standard InChI is InChI=1S/C11H17NO3S/c1-3-12(4-2)16(14,15)11-8-6-5-7-10(11)9-13/h5-8,13H,3-4,9H2,1-2H3. The van der Waals surface area contributed by atoms with Gasteiger partial charge in [0.25, 0.3) is 0 Å². The minimum atomic E-state index is -3.47. The molecule has 0 radical (unpaired) electrons. The zero-order chi connectivity index (χ0) is 12.2. The van der Waals surface area contributed by atoms with Crippen molar-refractivity contribution < 1.29 is 13.5 Å². The van der Waals surface area contributed by atoms with Crippen molar-refractivity contribution in [3.05, 3.63) is 29.8 Å². The van der Waals surface area contributed by atoms with E-state index in [0.717, 1.165) is 0 Å². The normalized spacial score (nSPS) is 12.0. The van der Waals surface area contributed by atoms with E-state index in [-0.39, 0.29) is 11.5 Å². The summed E-state index contributed by atoms with van der Waals surface area (Å²) in [6.07, 6.45) is 0. The van der Waals surface area contributed by atoms with Crippen molar-refractivity contribution in [2.24, 2.45) is 0 Å². The van der Waals surface area contributed by atoms with E-state index < -0.39 is 10.0 Å². The topological polar surface area (TPSA) is 57.6 Å². The van der Waals surface area contributed by atoms with Crippen molar-refractivity contribution in [1.29, 1.82) is 0 Å². The van der Waals surface area contributed by atoms with Crippen LogP contribution in [0.5, 0.6) is 0 Å². The molecular formula is C11H17NO3S. The van der Waals surface area contributed by atoms with E-state index in [1.165, 1.54) is 10.4 Å². The van der Waals surface area contributed by atoms with Crippen LogP contribution >= 0.6 is 0 Å². The van der Waals surface area contributed by atoms with E-state index in [9.17, 15) is 8.42 Å². The Kier molecular flexibility index (Phi) is 4.46. The highest BCUT2D eigenvalue weighted by atomic mass is 32.2. The highest BCUT2D eigenvalue weighted by Gasteiger charge is 2.23. The van der Waals surface area contributed by atoms with Crippen molar-refractivity contribution in [3.8, 4) is 0 Å². The Hall–Kier alpha value is -0.910. The summed E-state index contributed by atoms with van der Waals surface area (Å²) >= 11 is 0. The van der Waals surface area contributed by atoms with E-state index in [1.807, 2.05) is 0 Å². The lowest BCUT2D eigenvalue weighted by atomic mass is 10.2. The summed E-state index contributed by atoms with van der Waals surface area (Å²) in [5.41, 5.74) is 0.439. The number of benzene rings is 1. The van der Waals surface area contributed by atoms with Crippen molar-refractivity contribution in [2.45, 2.75) is 25.3 Å². The van der Waals surface area contributed by atoms with Crippen LogP contribution in [0.1, 0.15) is 19.4 Å². The van der Waals surface area contributed by atoms with Gasteiger partial charge < -0.3 is 5.11 Å². The third-order valence-corrected chi connectivity index (χ3v) is 4.62.